The zero-order valence-corrected chi connectivity index (χ0v) is 21.9. The van der Waals surface area contributed by atoms with E-state index in [0.29, 0.717) is 0 Å². The standard InChI is InChI=1S/C27H30O15/c1-8-19(34)21(36)23(38)27(39-8)42-26-22(37)20(35)16(7-28)41-25(26)18-13(32)5-12(31)17-14(33)6-15(40-24(17)18)9-2-3-10(29)11(30)4-9/h2-6,8,16,19-23,25-32,34-38H,7H2,1H3/t8-,16+,19-,20+,21+,22-,23+,25-,26+,27+/m0/s1. The van der Waals surface area contributed by atoms with Crippen molar-refractivity contribution in [2.24, 2.45) is 0 Å². The Balaban J connectivity index is 1.68. The number of fused-ring (bicyclic) bond motifs is 1. The quantitative estimate of drug-likeness (QED) is 0.153. The number of ether oxygens (including phenoxy) is 3. The van der Waals surface area contributed by atoms with E-state index in [0.717, 1.165) is 24.3 Å². The minimum atomic E-state index is -1.89. The van der Waals surface area contributed by atoms with Crippen LogP contribution in [0.3, 0.4) is 0 Å². The molecule has 0 amide bonds. The maximum atomic E-state index is 13.2. The van der Waals surface area contributed by atoms with Gasteiger partial charge in [0, 0.05) is 17.7 Å². The van der Waals surface area contributed by atoms with E-state index in [2.05, 4.69) is 0 Å². The number of aromatic hydroxyl groups is 4. The molecule has 3 aromatic rings. The summed E-state index contributed by atoms with van der Waals surface area (Å²) in [7, 11) is 0. The first kappa shape index (κ1) is 30.0. The summed E-state index contributed by atoms with van der Waals surface area (Å²) in [6.45, 7) is 0.569. The second-order valence-corrected chi connectivity index (χ2v) is 10.3. The molecule has 15 nitrogen and oxygen atoms in total. The molecule has 0 spiro atoms. The SMILES string of the molecule is C[C@@H]1O[C@H](O[C@@H]2[C@@H](O)[C@H](O)[C@@H](CO)O[C@H]2c2c(O)cc(O)c3c(=O)cc(-c4ccc(O)c(O)c4)oc23)[C@H](O)[C@H](O)[C@H]1O. The van der Waals surface area contributed by atoms with Gasteiger partial charge >= 0.3 is 0 Å². The topological polar surface area (TPSA) is 260 Å². The molecule has 2 aromatic carbocycles. The average molecular weight is 595 g/mol. The molecule has 2 saturated heterocycles. The number of rotatable bonds is 5. The predicted molar refractivity (Wildman–Crippen MR) is 139 cm³/mol. The van der Waals surface area contributed by atoms with Crippen LogP contribution in [0.2, 0.25) is 0 Å². The van der Waals surface area contributed by atoms with Crippen LogP contribution in [-0.2, 0) is 14.2 Å². The van der Waals surface area contributed by atoms with Gasteiger partial charge in [-0.2, -0.15) is 0 Å². The van der Waals surface area contributed by atoms with Crippen molar-refractivity contribution < 1.29 is 69.7 Å². The zero-order valence-electron chi connectivity index (χ0n) is 21.9. The third kappa shape index (κ3) is 5.04. The Labute approximate surface area is 236 Å². The van der Waals surface area contributed by atoms with Crippen molar-refractivity contribution in [1.29, 1.82) is 0 Å². The van der Waals surface area contributed by atoms with Crippen molar-refractivity contribution >= 4 is 11.0 Å². The lowest BCUT2D eigenvalue weighted by Gasteiger charge is -2.46. The molecule has 0 saturated carbocycles. The fraction of sp³-hybridized carbons (Fsp3) is 0.444. The molecule has 2 fully saturated rings. The number of benzene rings is 2. The van der Waals surface area contributed by atoms with Gasteiger partial charge in [-0.25, -0.2) is 0 Å². The number of hydrogen-bond acceptors (Lipinski definition) is 15. The van der Waals surface area contributed by atoms with Gasteiger partial charge in [-0.3, -0.25) is 4.79 Å². The summed E-state index contributed by atoms with van der Waals surface area (Å²) in [6.07, 6.45) is -16.3. The Morgan fingerprint density at radius 1 is 0.786 bits per heavy atom. The van der Waals surface area contributed by atoms with E-state index in [4.69, 9.17) is 18.6 Å². The van der Waals surface area contributed by atoms with Crippen LogP contribution in [0.4, 0.5) is 0 Å². The molecule has 0 bridgehead atoms. The van der Waals surface area contributed by atoms with Gasteiger partial charge in [0.2, 0.25) is 0 Å². The van der Waals surface area contributed by atoms with Gasteiger partial charge in [-0.15, -0.1) is 0 Å². The maximum absolute atomic E-state index is 13.2. The monoisotopic (exact) mass is 594 g/mol. The van der Waals surface area contributed by atoms with Crippen molar-refractivity contribution in [1.82, 2.24) is 0 Å². The molecule has 3 heterocycles. The Kier molecular flexibility index (Phi) is 8.06. The molecule has 2 aliphatic heterocycles. The minimum absolute atomic E-state index is 0.111. The molecule has 42 heavy (non-hydrogen) atoms. The van der Waals surface area contributed by atoms with E-state index in [1.807, 2.05) is 0 Å². The highest BCUT2D eigenvalue weighted by Crippen LogP contribution is 2.45. The molecule has 10 N–H and O–H groups in total. The van der Waals surface area contributed by atoms with Crippen LogP contribution in [0.15, 0.2) is 39.5 Å². The van der Waals surface area contributed by atoms with E-state index in [1.165, 1.54) is 13.0 Å². The lowest BCUT2D eigenvalue weighted by Crippen LogP contribution is -2.61. The van der Waals surface area contributed by atoms with Gasteiger partial charge in [0.05, 0.1) is 18.3 Å². The highest BCUT2D eigenvalue weighted by Gasteiger charge is 2.51. The van der Waals surface area contributed by atoms with Crippen LogP contribution in [0.5, 0.6) is 23.0 Å². The number of phenolic OH excluding ortho intramolecular Hbond substituents is 4. The minimum Gasteiger partial charge on any atom is -0.507 e. The van der Waals surface area contributed by atoms with Crippen molar-refractivity contribution in [2.45, 2.75) is 68.1 Å². The summed E-state index contributed by atoms with van der Waals surface area (Å²) < 4.78 is 22.9. The van der Waals surface area contributed by atoms with Gasteiger partial charge in [-0.05, 0) is 25.1 Å². The first-order chi connectivity index (χ1) is 19.8. The van der Waals surface area contributed by atoms with E-state index in [9.17, 15) is 55.9 Å². The van der Waals surface area contributed by atoms with E-state index < -0.39 is 107 Å². The van der Waals surface area contributed by atoms with E-state index >= 15 is 0 Å². The van der Waals surface area contributed by atoms with Crippen LogP contribution in [0.1, 0.15) is 18.6 Å². The smallest absolute Gasteiger partial charge is 0.197 e. The lowest BCUT2D eigenvalue weighted by atomic mass is 9.89. The van der Waals surface area contributed by atoms with Crippen LogP contribution in [-0.4, -0.2) is 113 Å². The maximum Gasteiger partial charge on any atom is 0.197 e. The van der Waals surface area contributed by atoms with Gasteiger partial charge in [0.25, 0.3) is 0 Å². The fourth-order valence-electron chi connectivity index (χ4n) is 5.17. The van der Waals surface area contributed by atoms with Crippen LogP contribution >= 0.6 is 0 Å². The molecule has 10 atom stereocenters. The highest BCUT2D eigenvalue weighted by atomic mass is 16.7. The van der Waals surface area contributed by atoms with E-state index in [1.54, 1.807) is 0 Å². The Morgan fingerprint density at radius 2 is 1.50 bits per heavy atom. The third-order valence-corrected chi connectivity index (χ3v) is 7.51. The van der Waals surface area contributed by atoms with Crippen LogP contribution in [0, 0.1) is 0 Å². The molecule has 0 unspecified atom stereocenters. The molecule has 0 radical (unpaired) electrons. The Hall–Kier alpha value is -3.51. The van der Waals surface area contributed by atoms with Crippen molar-refractivity contribution in [3.8, 4) is 34.3 Å². The first-order valence-corrected chi connectivity index (χ1v) is 12.9. The molecule has 2 aliphatic rings. The molecule has 0 aliphatic carbocycles. The fourth-order valence-corrected chi connectivity index (χ4v) is 5.17. The summed E-state index contributed by atoms with van der Waals surface area (Å²) in [5, 5.41) is 103. The lowest BCUT2D eigenvalue weighted by molar-refractivity contribution is -0.338. The van der Waals surface area contributed by atoms with Crippen molar-refractivity contribution in [2.75, 3.05) is 6.61 Å². The Bertz CT molecular complexity index is 1520. The number of hydrogen-bond donors (Lipinski definition) is 10. The number of aliphatic hydroxyl groups is 6. The number of aliphatic hydroxyl groups excluding tert-OH is 6. The summed E-state index contributed by atoms with van der Waals surface area (Å²) in [5.74, 6) is -2.58. The largest absolute Gasteiger partial charge is 0.507 e. The number of phenols is 4. The van der Waals surface area contributed by atoms with Gasteiger partial charge in [0.1, 0.15) is 71.5 Å². The summed E-state index contributed by atoms with van der Waals surface area (Å²) in [5.41, 5.74) is -1.53. The summed E-state index contributed by atoms with van der Waals surface area (Å²) >= 11 is 0. The summed E-state index contributed by atoms with van der Waals surface area (Å²) in [4.78, 5) is 13.2. The molecular weight excluding hydrogens is 564 g/mol. The average Bonchev–Trinajstić information content (AvgIpc) is 2.94. The van der Waals surface area contributed by atoms with Crippen molar-refractivity contribution in [3.05, 3.63) is 46.1 Å². The molecule has 15 heteroatoms. The van der Waals surface area contributed by atoms with E-state index in [-0.39, 0.29) is 16.9 Å². The van der Waals surface area contributed by atoms with Crippen molar-refractivity contribution in [3.63, 3.8) is 0 Å². The molecular formula is C27H30O15. The second-order valence-electron chi connectivity index (χ2n) is 10.3. The molecule has 228 valence electrons. The third-order valence-electron chi connectivity index (χ3n) is 7.51. The van der Waals surface area contributed by atoms with Gasteiger partial charge in [-0.1, -0.05) is 0 Å². The van der Waals surface area contributed by atoms with Crippen LogP contribution in [0.25, 0.3) is 22.3 Å². The first-order valence-electron chi connectivity index (χ1n) is 12.9. The second kappa shape index (κ2) is 11.3. The summed E-state index contributed by atoms with van der Waals surface area (Å²) in [6, 6.07) is 5.33. The highest BCUT2D eigenvalue weighted by molar-refractivity contribution is 5.89. The molecule has 5 rings (SSSR count). The van der Waals surface area contributed by atoms with Gasteiger partial charge < -0.3 is 69.7 Å². The van der Waals surface area contributed by atoms with Crippen LogP contribution < -0.4 is 5.43 Å². The Morgan fingerprint density at radius 3 is 2.17 bits per heavy atom. The molecule has 1 aromatic heterocycles. The zero-order chi connectivity index (χ0) is 30.6. The predicted octanol–water partition coefficient (Wildman–Crippen LogP) is -1.35. The normalized spacial score (nSPS) is 33.6. The van der Waals surface area contributed by atoms with Gasteiger partial charge in [0.15, 0.2) is 28.8 Å².